The minimum atomic E-state index is 0.698. The van der Waals surface area contributed by atoms with E-state index in [0.717, 1.165) is 19.0 Å². The van der Waals surface area contributed by atoms with Gasteiger partial charge in [0.25, 0.3) is 0 Å². The first kappa shape index (κ1) is 10.3. The van der Waals surface area contributed by atoms with Crippen molar-refractivity contribution in [3.05, 3.63) is 18.2 Å². The van der Waals surface area contributed by atoms with Gasteiger partial charge in [-0.25, -0.2) is 4.98 Å². The van der Waals surface area contributed by atoms with Gasteiger partial charge in [-0.05, 0) is 43.9 Å². The second-order valence-electron chi connectivity index (χ2n) is 5.37. The third kappa shape index (κ3) is 1.88. The second kappa shape index (κ2) is 3.88. The van der Waals surface area contributed by atoms with Gasteiger partial charge in [-0.3, -0.25) is 0 Å². The molecule has 88 valence electrons. The number of imidazole rings is 1. The van der Waals surface area contributed by atoms with Gasteiger partial charge in [0, 0.05) is 25.5 Å². The van der Waals surface area contributed by atoms with E-state index in [2.05, 4.69) is 28.0 Å². The summed E-state index contributed by atoms with van der Waals surface area (Å²) in [5.41, 5.74) is 0.698. The van der Waals surface area contributed by atoms with Crippen molar-refractivity contribution in [2.75, 3.05) is 6.54 Å². The van der Waals surface area contributed by atoms with Gasteiger partial charge in [-0.15, -0.1) is 0 Å². The van der Waals surface area contributed by atoms with Crippen LogP contribution in [-0.2, 0) is 13.1 Å². The zero-order valence-corrected chi connectivity index (χ0v) is 10.1. The highest BCUT2D eigenvalue weighted by Gasteiger charge is 2.53. The van der Waals surface area contributed by atoms with Crippen LogP contribution in [-0.4, -0.2) is 16.1 Å². The normalized spacial score (nSPS) is 22.3. The average molecular weight is 219 g/mol. The molecule has 3 rings (SSSR count). The van der Waals surface area contributed by atoms with Crippen LogP contribution in [0, 0.1) is 11.3 Å². The van der Waals surface area contributed by atoms with Crippen molar-refractivity contribution in [2.24, 2.45) is 11.3 Å². The fourth-order valence-corrected chi connectivity index (χ4v) is 2.80. The average Bonchev–Trinajstić information content (AvgIpc) is 3.17. The van der Waals surface area contributed by atoms with Gasteiger partial charge in [0.15, 0.2) is 0 Å². The summed E-state index contributed by atoms with van der Waals surface area (Å²) in [5, 5.41) is 3.60. The van der Waals surface area contributed by atoms with Gasteiger partial charge in [-0.1, -0.05) is 0 Å². The van der Waals surface area contributed by atoms with Gasteiger partial charge in [0.1, 0.15) is 5.82 Å². The molecule has 2 aliphatic carbocycles. The van der Waals surface area contributed by atoms with Crippen molar-refractivity contribution < 1.29 is 0 Å². The van der Waals surface area contributed by atoms with E-state index >= 15 is 0 Å². The van der Waals surface area contributed by atoms with Gasteiger partial charge < -0.3 is 9.88 Å². The molecule has 2 aliphatic rings. The summed E-state index contributed by atoms with van der Waals surface area (Å²) in [4.78, 5) is 4.39. The Morgan fingerprint density at radius 3 is 2.94 bits per heavy atom. The Kier molecular flexibility index (Phi) is 2.51. The van der Waals surface area contributed by atoms with E-state index in [-0.39, 0.29) is 0 Å². The highest BCUT2D eigenvalue weighted by Crippen LogP contribution is 2.60. The lowest BCUT2D eigenvalue weighted by molar-refractivity contribution is 0.399. The van der Waals surface area contributed by atoms with Crippen LogP contribution < -0.4 is 5.32 Å². The van der Waals surface area contributed by atoms with E-state index in [1.54, 1.807) is 0 Å². The molecule has 0 aromatic carbocycles. The van der Waals surface area contributed by atoms with Gasteiger partial charge in [0.05, 0.1) is 6.54 Å². The fraction of sp³-hybridized carbons (Fsp3) is 0.769. The largest absolute Gasteiger partial charge is 0.334 e. The molecule has 0 saturated heterocycles. The molecule has 3 nitrogen and oxygen atoms in total. The minimum absolute atomic E-state index is 0.698. The second-order valence-corrected chi connectivity index (χ2v) is 5.37. The molecule has 0 radical (unpaired) electrons. The Morgan fingerprint density at radius 2 is 2.31 bits per heavy atom. The highest BCUT2D eigenvalue weighted by atomic mass is 15.1. The van der Waals surface area contributed by atoms with E-state index in [0.29, 0.717) is 5.41 Å². The summed E-state index contributed by atoms with van der Waals surface area (Å²) in [6.07, 6.45) is 9.81. The van der Waals surface area contributed by atoms with Crippen LogP contribution in [0.5, 0.6) is 0 Å². The molecule has 2 saturated carbocycles. The molecule has 16 heavy (non-hydrogen) atoms. The lowest BCUT2D eigenvalue weighted by Gasteiger charge is -2.15. The molecule has 0 atom stereocenters. The van der Waals surface area contributed by atoms with Crippen molar-refractivity contribution in [2.45, 2.75) is 45.7 Å². The lowest BCUT2D eigenvalue weighted by atomic mass is 10.0. The molecular formula is C13H21N3. The molecular weight excluding hydrogens is 198 g/mol. The van der Waals surface area contributed by atoms with Crippen LogP contribution in [0.4, 0.5) is 0 Å². The predicted octanol–water partition coefficient (Wildman–Crippen LogP) is 2.18. The molecule has 0 aliphatic heterocycles. The first-order chi connectivity index (χ1) is 7.84. The summed E-state index contributed by atoms with van der Waals surface area (Å²) in [6, 6.07) is 0. The quantitative estimate of drug-likeness (QED) is 0.794. The summed E-state index contributed by atoms with van der Waals surface area (Å²) >= 11 is 0. The molecule has 1 aromatic heterocycles. The standard InChI is InChI=1S/C13H21N3/c1-2-16-8-7-15-12(16)9-14-10-13(5-6-13)11-3-4-11/h7-8,11,14H,2-6,9-10H2,1H3. The number of hydrogen-bond acceptors (Lipinski definition) is 2. The third-order valence-electron chi connectivity index (χ3n) is 4.24. The maximum absolute atomic E-state index is 4.39. The number of hydrogen-bond donors (Lipinski definition) is 1. The Hall–Kier alpha value is -0.830. The number of aromatic nitrogens is 2. The number of aryl methyl sites for hydroxylation is 1. The number of nitrogens with one attached hydrogen (secondary N) is 1. The molecule has 2 fully saturated rings. The molecule has 1 heterocycles. The summed E-state index contributed by atoms with van der Waals surface area (Å²) < 4.78 is 2.21. The van der Waals surface area contributed by atoms with E-state index in [4.69, 9.17) is 0 Å². The SMILES string of the molecule is CCn1ccnc1CNCC1(C2CC2)CC1. The van der Waals surface area contributed by atoms with Crippen molar-refractivity contribution in [1.82, 2.24) is 14.9 Å². The first-order valence-electron chi connectivity index (χ1n) is 6.55. The highest BCUT2D eigenvalue weighted by molar-refractivity contribution is 5.05. The number of nitrogens with zero attached hydrogens (tertiary/aromatic N) is 2. The van der Waals surface area contributed by atoms with E-state index in [9.17, 15) is 0 Å². The molecule has 1 aromatic rings. The van der Waals surface area contributed by atoms with Crippen LogP contribution in [0.2, 0.25) is 0 Å². The first-order valence-corrected chi connectivity index (χ1v) is 6.55. The van der Waals surface area contributed by atoms with Gasteiger partial charge in [-0.2, -0.15) is 0 Å². The van der Waals surface area contributed by atoms with E-state index in [1.165, 1.54) is 38.1 Å². The topological polar surface area (TPSA) is 29.9 Å². The van der Waals surface area contributed by atoms with Crippen molar-refractivity contribution in [3.8, 4) is 0 Å². The maximum atomic E-state index is 4.39. The monoisotopic (exact) mass is 219 g/mol. The molecule has 1 N–H and O–H groups in total. The Morgan fingerprint density at radius 1 is 1.50 bits per heavy atom. The van der Waals surface area contributed by atoms with Crippen LogP contribution in [0.1, 0.15) is 38.4 Å². The third-order valence-corrected chi connectivity index (χ3v) is 4.24. The van der Waals surface area contributed by atoms with Crippen LogP contribution in [0.3, 0.4) is 0 Å². The van der Waals surface area contributed by atoms with Crippen LogP contribution in [0.25, 0.3) is 0 Å². The van der Waals surface area contributed by atoms with E-state index < -0.39 is 0 Å². The Bertz CT molecular complexity index is 361. The fourth-order valence-electron chi connectivity index (χ4n) is 2.80. The van der Waals surface area contributed by atoms with Crippen LogP contribution in [0.15, 0.2) is 12.4 Å². The van der Waals surface area contributed by atoms with Crippen molar-refractivity contribution in [1.29, 1.82) is 0 Å². The maximum Gasteiger partial charge on any atom is 0.122 e. The smallest absolute Gasteiger partial charge is 0.122 e. The minimum Gasteiger partial charge on any atom is -0.334 e. The van der Waals surface area contributed by atoms with Gasteiger partial charge >= 0.3 is 0 Å². The zero-order valence-electron chi connectivity index (χ0n) is 10.1. The van der Waals surface area contributed by atoms with E-state index in [1.807, 2.05) is 6.20 Å². The van der Waals surface area contributed by atoms with Gasteiger partial charge in [0.2, 0.25) is 0 Å². The molecule has 0 bridgehead atoms. The molecule has 0 unspecified atom stereocenters. The summed E-state index contributed by atoms with van der Waals surface area (Å²) in [5.74, 6) is 2.22. The Labute approximate surface area is 97.3 Å². The molecule has 3 heteroatoms. The van der Waals surface area contributed by atoms with Crippen molar-refractivity contribution >= 4 is 0 Å². The summed E-state index contributed by atoms with van der Waals surface area (Å²) in [6.45, 7) is 5.31. The summed E-state index contributed by atoms with van der Waals surface area (Å²) in [7, 11) is 0. The van der Waals surface area contributed by atoms with Crippen LogP contribution >= 0.6 is 0 Å². The molecule has 0 amide bonds. The zero-order chi connectivity index (χ0) is 11.0. The lowest BCUT2D eigenvalue weighted by Crippen LogP contribution is -2.26. The molecule has 0 spiro atoms. The Balaban J connectivity index is 1.49. The number of rotatable bonds is 6. The van der Waals surface area contributed by atoms with Crippen molar-refractivity contribution in [3.63, 3.8) is 0 Å². The predicted molar refractivity (Wildman–Crippen MR) is 64.0 cm³/mol.